The van der Waals surface area contributed by atoms with Crippen LogP contribution in [0.2, 0.25) is 0 Å². The van der Waals surface area contributed by atoms with Gasteiger partial charge >= 0.3 is 0 Å². The van der Waals surface area contributed by atoms with Crippen LogP contribution in [0.4, 0.5) is 0 Å². The number of hydrogen-bond acceptors (Lipinski definition) is 3. The fourth-order valence-corrected chi connectivity index (χ4v) is 3.92. The first-order valence-corrected chi connectivity index (χ1v) is 8.05. The SMILES string of the molecule is CCC(c1ccc(O)cc1)N1CCCN2CCCC2C1. The highest BCUT2D eigenvalue weighted by molar-refractivity contribution is 5.28. The number of nitrogens with zero attached hydrogens (tertiary/aromatic N) is 2. The monoisotopic (exact) mass is 274 g/mol. The molecule has 20 heavy (non-hydrogen) atoms. The highest BCUT2D eigenvalue weighted by atomic mass is 16.3. The molecule has 0 bridgehead atoms. The molecule has 0 radical (unpaired) electrons. The second-order valence-electron chi connectivity index (χ2n) is 6.20. The lowest BCUT2D eigenvalue weighted by Gasteiger charge is -2.32. The first-order chi connectivity index (χ1) is 9.78. The van der Waals surface area contributed by atoms with Gasteiger partial charge < -0.3 is 5.11 Å². The molecule has 0 aliphatic carbocycles. The summed E-state index contributed by atoms with van der Waals surface area (Å²) >= 11 is 0. The molecule has 3 heteroatoms. The van der Waals surface area contributed by atoms with Crippen molar-refractivity contribution in [3.05, 3.63) is 29.8 Å². The molecule has 110 valence electrons. The van der Waals surface area contributed by atoms with Crippen LogP contribution < -0.4 is 0 Å². The Morgan fingerprint density at radius 3 is 2.65 bits per heavy atom. The third-order valence-electron chi connectivity index (χ3n) is 4.94. The molecule has 1 aromatic rings. The van der Waals surface area contributed by atoms with E-state index >= 15 is 0 Å². The summed E-state index contributed by atoms with van der Waals surface area (Å²) in [5.41, 5.74) is 1.34. The van der Waals surface area contributed by atoms with Crippen molar-refractivity contribution in [3.63, 3.8) is 0 Å². The molecule has 2 unspecified atom stereocenters. The van der Waals surface area contributed by atoms with E-state index < -0.39 is 0 Å². The smallest absolute Gasteiger partial charge is 0.115 e. The fraction of sp³-hybridized carbons (Fsp3) is 0.647. The lowest BCUT2D eigenvalue weighted by molar-refractivity contribution is 0.169. The summed E-state index contributed by atoms with van der Waals surface area (Å²) in [5.74, 6) is 0.362. The Balaban J connectivity index is 1.76. The van der Waals surface area contributed by atoms with E-state index in [2.05, 4.69) is 28.9 Å². The number of aromatic hydroxyl groups is 1. The Bertz CT molecular complexity index is 431. The lowest BCUT2D eigenvalue weighted by atomic mass is 10.0. The maximum absolute atomic E-state index is 9.47. The van der Waals surface area contributed by atoms with E-state index in [9.17, 15) is 5.11 Å². The van der Waals surface area contributed by atoms with E-state index in [0.29, 0.717) is 11.8 Å². The second kappa shape index (κ2) is 6.15. The molecule has 0 amide bonds. The third kappa shape index (κ3) is 2.84. The zero-order valence-corrected chi connectivity index (χ0v) is 12.5. The summed E-state index contributed by atoms with van der Waals surface area (Å²) in [7, 11) is 0. The van der Waals surface area contributed by atoms with Gasteiger partial charge in [-0.2, -0.15) is 0 Å². The van der Waals surface area contributed by atoms with Gasteiger partial charge in [0.2, 0.25) is 0 Å². The Morgan fingerprint density at radius 1 is 1.15 bits per heavy atom. The van der Waals surface area contributed by atoms with Gasteiger partial charge in [-0.15, -0.1) is 0 Å². The molecule has 1 aromatic carbocycles. The molecule has 2 heterocycles. The molecule has 1 N–H and O–H groups in total. The van der Waals surface area contributed by atoms with Gasteiger partial charge in [0.05, 0.1) is 0 Å². The van der Waals surface area contributed by atoms with E-state index in [4.69, 9.17) is 0 Å². The van der Waals surface area contributed by atoms with Crippen molar-refractivity contribution in [3.8, 4) is 5.75 Å². The van der Waals surface area contributed by atoms with Crippen molar-refractivity contribution in [1.29, 1.82) is 0 Å². The Kier molecular flexibility index (Phi) is 4.27. The van der Waals surface area contributed by atoms with Crippen LogP contribution in [0, 0.1) is 0 Å². The van der Waals surface area contributed by atoms with Crippen molar-refractivity contribution in [2.45, 2.75) is 44.7 Å². The van der Waals surface area contributed by atoms with Gasteiger partial charge in [-0.05, 0) is 56.5 Å². The van der Waals surface area contributed by atoms with Crippen molar-refractivity contribution in [1.82, 2.24) is 9.80 Å². The maximum atomic E-state index is 9.47. The predicted octanol–water partition coefficient (Wildman–Crippen LogP) is 3.01. The van der Waals surface area contributed by atoms with Gasteiger partial charge in [-0.3, -0.25) is 9.80 Å². The molecule has 2 aliphatic rings. The van der Waals surface area contributed by atoms with Crippen LogP contribution in [0.25, 0.3) is 0 Å². The van der Waals surface area contributed by atoms with Crippen molar-refractivity contribution >= 4 is 0 Å². The molecular weight excluding hydrogens is 248 g/mol. The molecule has 2 saturated heterocycles. The first-order valence-electron chi connectivity index (χ1n) is 8.05. The number of hydrogen-bond donors (Lipinski definition) is 1. The topological polar surface area (TPSA) is 26.7 Å². The number of phenols is 1. The zero-order valence-electron chi connectivity index (χ0n) is 12.5. The van der Waals surface area contributed by atoms with Crippen LogP contribution in [0.5, 0.6) is 5.75 Å². The number of phenolic OH excluding ortho intramolecular Hbond substituents is 1. The van der Waals surface area contributed by atoms with Gasteiger partial charge in [0.15, 0.2) is 0 Å². The molecule has 3 nitrogen and oxygen atoms in total. The second-order valence-corrected chi connectivity index (χ2v) is 6.20. The number of rotatable bonds is 3. The molecule has 3 rings (SSSR count). The quantitative estimate of drug-likeness (QED) is 0.918. The van der Waals surface area contributed by atoms with Crippen LogP contribution >= 0.6 is 0 Å². The third-order valence-corrected chi connectivity index (χ3v) is 4.94. The van der Waals surface area contributed by atoms with E-state index in [0.717, 1.165) is 12.5 Å². The summed E-state index contributed by atoms with van der Waals surface area (Å²) in [6.07, 6.45) is 5.15. The minimum absolute atomic E-state index is 0.362. The zero-order chi connectivity index (χ0) is 13.9. The molecule has 2 fully saturated rings. The molecule has 0 saturated carbocycles. The van der Waals surface area contributed by atoms with Crippen LogP contribution in [-0.2, 0) is 0 Å². The van der Waals surface area contributed by atoms with Crippen LogP contribution in [0.15, 0.2) is 24.3 Å². The Labute approximate surface area is 122 Å². The molecule has 2 aliphatic heterocycles. The van der Waals surface area contributed by atoms with E-state index in [1.165, 1.54) is 51.0 Å². The maximum Gasteiger partial charge on any atom is 0.115 e. The first kappa shape index (κ1) is 13.9. The predicted molar refractivity (Wildman–Crippen MR) is 81.9 cm³/mol. The Morgan fingerprint density at radius 2 is 1.90 bits per heavy atom. The average Bonchev–Trinajstić information content (AvgIpc) is 2.80. The molecule has 0 aromatic heterocycles. The van der Waals surface area contributed by atoms with Crippen molar-refractivity contribution in [2.75, 3.05) is 26.2 Å². The normalized spacial score (nSPS) is 26.1. The molecule has 0 spiro atoms. The largest absolute Gasteiger partial charge is 0.508 e. The van der Waals surface area contributed by atoms with Crippen molar-refractivity contribution < 1.29 is 5.11 Å². The summed E-state index contributed by atoms with van der Waals surface area (Å²) in [6.45, 7) is 7.25. The minimum Gasteiger partial charge on any atom is -0.508 e. The summed E-state index contributed by atoms with van der Waals surface area (Å²) < 4.78 is 0. The number of benzene rings is 1. The van der Waals surface area contributed by atoms with Crippen LogP contribution in [0.3, 0.4) is 0 Å². The molecular formula is C17H26N2O. The van der Waals surface area contributed by atoms with Crippen LogP contribution in [0.1, 0.15) is 44.2 Å². The van der Waals surface area contributed by atoms with E-state index in [1.807, 2.05) is 12.1 Å². The highest BCUT2D eigenvalue weighted by Gasteiger charge is 2.31. The van der Waals surface area contributed by atoms with E-state index in [1.54, 1.807) is 0 Å². The fourth-order valence-electron chi connectivity index (χ4n) is 3.92. The lowest BCUT2D eigenvalue weighted by Crippen LogP contribution is -2.38. The van der Waals surface area contributed by atoms with E-state index in [-0.39, 0.29) is 0 Å². The van der Waals surface area contributed by atoms with Gasteiger partial charge in [-0.25, -0.2) is 0 Å². The van der Waals surface area contributed by atoms with Crippen LogP contribution in [-0.4, -0.2) is 47.1 Å². The average molecular weight is 274 g/mol. The Hall–Kier alpha value is -1.06. The minimum atomic E-state index is 0.362. The van der Waals surface area contributed by atoms with Gasteiger partial charge in [-0.1, -0.05) is 19.1 Å². The molecule has 2 atom stereocenters. The standard InChI is InChI=1S/C17H26N2O/c1-2-17(14-6-8-16(20)9-7-14)19-12-4-11-18-10-3-5-15(18)13-19/h6-9,15,17,20H,2-5,10-13H2,1H3. The van der Waals surface area contributed by atoms with Gasteiger partial charge in [0, 0.05) is 25.2 Å². The summed E-state index contributed by atoms with van der Waals surface area (Å²) in [6, 6.07) is 9.07. The van der Waals surface area contributed by atoms with Gasteiger partial charge in [0.1, 0.15) is 5.75 Å². The number of fused-ring (bicyclic) bond motifs is 1. The summed E-state index contributed by atoms with van der Waals surface area (Å²) in [4.78, 5) is 5.35. The summed E-state index contributed by atoms with van der Waals surface area (Å²) in [5, 5.41) is 9.47. The van der Waals surface area contributed by atoms with Crippen molar-refractivity contribution in [2.24, 2.45) is 0 Å². The van der Waals surface area contributed by atoms with Gasteiger partial charge in [0.25, 0.3) is 0 Å². The highest BCUT2D eigenvalue weighted by Crippen LogP contribution is 2.30.